The van der Waals surface area contributed by atoms with Crippen molar-refractivity contribution in [3.8, 4) is 0 Å². The second-order valence-electron chi connectivity index (χ2n) is 6.43. The van der Waals surface area contributed by atoms with Crippen LogP contribution in [-0.2, 0) is 17.6 Å². The second-order valence-corrected chi connectivity index (χ2v) is 7.43. The molecule has 0 radical (unpaired) electrons. The van der Waals surface area contributed by atoms with E-state index in [-0.39, 0.29) is 11.9 Å². The highest BCUT2D eigenvalue weighted by Crippen LogP contribution is 2.38. The third-order valence-corrected chi connectivity index (χ3v) is 5.91. The van der Waals surface area contributed by atoms with Gasteiger partial charge in [-0.25, -0.2) is 0 Å². The van der Waals surface area contributed by atoms with Gasteiger partial charge in [0.2, 0.25) is 5.91 Å². The number of hydrogen-bond donors (Lipinski definition) is 0. The van der Waals surface area contributed by atoms with E-state index in [0.29, 0.717) is 6.42 Å². The Bertz CT molecular complexity index is 878. The van der Waals surface area contributed by atoms with Crippen LogP contribution in [0.25, 0.3) is 0 Å². The van der Waals surface area contributed by atoms with E-state index in [1.807, 2.05) is 36.9 Å². The number of benzene rings is 1. The fourth-order valence-corrected chi connectivity index (χ4v) is 4.49. The van der Waals surface area contributed by atoms with Crippen molar-refractivity contribution in [1.82, 2.24) is 10.1 Å². The number of nitrogens with zero attached hydrogens (tertiary/aromatic N) is 2. The Labute approximate surface area is 151 Å². The van der Waals surface area contributed by atoms with Crippen LogP contribution in [0.2, 0.25) is 0 Å². The maximum absolute atomic E-state index is 13.1. The SMILES string of the molecule is Cc1noc(C)c1CC(=O)N1CCc2sccc2[C@@H]1c1ccccc1. The van der Waals surface area contributed by atoms with Crippen molar-refractivity contribution in [2.45, 2.75) is 32.7 Å². The third kappa shape index (κ3) is 2.89. The van der Waals surface area contributed by atoms with Gasteiger partial charge in [0.1, 0.15) is 5.76 Å². The molecule has 3 aromatic rings. The van der Waals surface area contributed by atoms with Gasteiger partial charge in [0, 0.05) is 17.0 Å². The third-order valence-electron chi connectivity index (χ3n) is 4.91. The fourth-order valence-electron chi connectivity index (χ4n) is 3.59. The average molecular weight is 352 g/mol. The molecule has 1 amide bonds. The van der Waals surface area contributed by atoms with Gasteiger partial charge in [0.15, 0.2) is 0 Å². The van der Waals surface area contributed by atoms with E-state index in [1.54, 1.807) is 11.3 Å². The molecule has 25 heavy (non-hydrogen) atoms. The van der Waals surface area contributed by atoms with Crippen LogP contribution in [0.3, 0.4) is 0 Å². The molecule has 0 unspecified atom stereocenters. The van der Waals surface area contributed by atoms with Crippen molar-refractivity contribution in [1.29, 1.82) is 0 Å². The van der Waals surface area contributed by atoms with Gasteiger partial charge in [-0.15, -0.1) is 11.3 Å². The molecular formula is C20H20N2O2S. The van der Waals surface area contributed by atoms with Gasteiger partial charge in [0.05, 0.1) is 18.2 Å². The minimum absolute atomic E-state index is 0.0100. The van der Waals surface area contributed by atoms with E-state index < -0.39 is 0 Å². The van der Waals surface area contributed by atoms with Crippen molar-refractivity contribution < 1.29 is 9.32 Å². The summed E-state index contributed by atoms with van der Waals surface area (Å²) in [6.45, 7) is 4.50. The van der Waals surface area contributed by atoms with Crippen LogP contribution in [0.15, 0.2) is 46.3 Å². The smallest absolute Gasteiger partial charge is 0.227 e. The summed E-state index contributed by atoms with van der Waals surface area (Å²) in [5.74, 6) is 0.857. The van der Waals surface area contributed by atoms with Gasteiger partial charge in [-0.2, -0.15) is 0 Å². The summed E-state index contributed by atoms with van der Waals surface area (Å²) >= 11 is 1.78. The van der Waals surface area contributed by atoms with Crippen LogP contribution in [0.4, 0.5) is 0 Å². The Morgan fingerprint density at radius 1 is 1.28 bits per heavy atom. The summed E-state index contributed by atoms with van der Waals surface area (Å²) in [6.07, 6.45) is 1.26. The van der Waals surface area contributed by atoms with E-state index in [4.69, 9.17) is 4.52 Å². The summed E-state index contributed by atoms with van der Waals surface area (Å²) in [5.41, 5.74) is 4.13. The van der Waals surface area contributed by atoms with Crippen LogP contribution >= 0.6 is 11.3 Å². The van der Waals surface area contributed by atoms with Gasteiger partial charge in [-0.1, -0.05) is 35.5 Å². The molecule has 1 atom stereocenters. The zero-order valence-electron chi connectivity index (χ0n) is 14.4. The number of rotatable bonds is 3. The Morgan fingerprint density at radius 3 is 2.80 bits per heavy atom. The van der Waals surface area contributed by atoms with Gasteiger partial charge in [-0.05, 0) is 42.8 Å². The minimum atomic E-state index is -0.0100. The highest BCUT2D eigenvalue weighted by atomic mass is 32.1. The number of amides is 1. The molecule has 1 aromatic carbocycles. The minimum Gasteiger partial charge on any atom is -0.361 e. The molecule has 0 spiro atoms. The Balaban J connectivity index is 1.69. The van der Waals surface area contributed by atoms with Gasteiger partial charge in [-0.3, -0.25) is 4.79 Å². The zero-order valence-corrected chi connectivity index (χ0v) is 15.2. The standard InChI is InChI=1S/C20H20N2O2S/c1-13-17(14(2)24-21-13)12-19(23)22-10-8-18-16(9-11-25-18)20(22)15-6-4-3-5-7-15/h3-7,9,11,20H,8,10,12H2,1-2H3/t20-/m0/s1. The summed E-state index contributed by atoms with van der Waals surface area (Å²) in [7, 11) is 0. The first kappa shape index (κ1) is 16.1. The second kappa shape index (κ2) is 6.48. The largest absolute Gasteiger partial charge is 0.361 e. The van der Waals surface area contributed by atoms with E-state index in [0.717, 1.165) is 35.5 Å². The lowest BCUT2D eigenvalue weighted by Crippen LogP contribution is -2.41. The lowest BCUT2D eigenvalue weighted by molar-refractivity contribution is -0.132. The number of carbonyl (C=O) groups is 1. The first-order valence-corrected chi connectivity index (χ1v) is 9.35. The fraction of sp³-hybridized carbons (Fsp3) is 0.300. The molecule has 2 aromatic heterocycles. The molecule has 0 fully saturated rings. The molecule has 0 saturated carbocycles. The first-order chi connectivity index (χ1) is 12.1. The molecule has 0 N–H and O–H groups in total. The zero-order chi connectivity index (χ0) is 17.4. The summed E-state index contributed by atoms with van der Waals surface area (Å²) in [5, 5.41) is 6.10. The molecule has 4 nitrogen and oxygen atoms in total. The van der Waals surface area contributed by atoms with Crippen LogP contribution in [0, 0.1) is 13.8 Å². The summed E-state index contributed by atoms with van der Waals surface area (Å²) in [6, 6.07) is 12.4. The Morgan fingerprint density at radius 2 is 2.08 bits per heavy atom. The quantitative estimate of drug-likeness (QED) is 0.714. The molecule has 0 saturated heterocycles. The maximum Gasteiger partial charge on any atom is 0.227 e. The van der Waals surface area contributed by atoms with Crippen LogP contribution in [0.1, 0.15) is 39.1 Å². The van der Waals surface area contributed by atoms with Crippen molar-refractivity contribution in [3.63, 3.8) is 0 Å². The lowest BCUT2D eigenvalue weighted by atomic mass is 9.92. The number of fused-ring (bicyclic) bond motifs is 1. The highest BCUT2D eigenvalue weighted by molar-refractivity contribution is 7.10. The molecule has 128 valence electrons. The Hall–Kier alpha value is -2.40. The van der Waals surface area contributed by atoms with Crippen molar-refractivity contribution >= 4 is 17.2 Å². The van der Waals surface area contributed by atoms with Crippen LogP contribution in [-0.4, -0.2) is 22.5 Å². The highest BCUT2D eigenvalue weighted by Gasteiger charge is 2.33. The maximum atomic E-state index is 13.1. The topological polar surface area (TPSA) is 46.3 Å². The predicted molar refractivity (Wildman–Crippen MR) is 97.7 cm³/mol. The van der Waals surface area contributed by atoms with Crippen LogP contribution in [0.5, 0.6) is 0 Å². The van der Waals surface area contributed by atoms with Crippen molar-refractivity contribution in [3.05, 3.63) is 74.8 Å². The number of aryl methyl sites for hydroxylation is 2. The Kier molecular flexibility index (Phi) is 4.17. The molecule has 5 heteroatoms. The molecular weight excluding hydrogens is 332 g/mol. The van der Waals surface area contributed by atoms with Crippen molar-refractivity contribution in [2.75, 3.05) is 6.54 Å². The van der Waals surface area contributed by atoms with Gasteiger partial charge < -0.3 is 9.42 Å². The van der Waals surface area contributed by atoms with E-state index >= 15 is 0 Å². The number of thiophene rings is 1. The van der Waals surface area contributed by atoms with E-state index in [1.165, 1.54) is 10.4 Å². The van der Waals surface area contributed by atoms with Crippen molar-refractivity contribution in [2.24, 2.45) is 0 Å². The van der Waals surface area contributed by atoms with E-state index in [9.17, 15) is 4.79 Å². The predicted octanol–water partition coefficient (Wildman–Crippen LogP) is 4.07. The molecule has 1 aliphatic rings. The number of hydrogen-bond acceptors (Lipinski definition) is 4. The monoisotopic (exact) mass is 352 g/mol. The molecule has 3 heterocycles. The number of aromatic nitrogens is 1. The summed E-state index contributed by atoms with van der Waals surface area (Å²) in [4.78, 5) is 16.5. The summed E-state index contributed by atoms with van der Waals surface area (Å²) < 4.78 is 5.22. The lowest BCUT2D eigenvalue weighted by Gasteiger charge is -2.36. The molecule has 1 aliphatic heterocycles. The molecule has 4 rings (SSSR count). The first-order valence-electron chi connectivity index (χ1n) is 8.47. The van der Waals surface area contributed by atoms with Gasteiger partial charge >= 0.3 is 0 Å². The molecule has 0 aliphatic carbocycles. The van der Waals surface area contributed by atoms with E-state index in [2.05, 4.69) is 28.7 Å². The number of carbonyl (C=O) groups excluding carboxylic acids is 1. The van der Waals surface area contributed by atoms with Gasteiger partial charge in [0.25, 0.3) is 0 Å². The molecule has 0 bridgehead atoms. The normalized spacial score (nSPS) is 16.7. The average Bonchev–Trinajstić information content (AvgIpc) is 3.23. The van der Waals surface area contributed by atoms with Crippen LogP contribution < -0.4 is 0 Å².